The van der Waals surface area contributed by atoms with Crippen molar-refractivity contribution in [2.24, 2.45) is 5.73 Å². The van der Waals surface area contributed by atoms with E-state index in [9.17, 15) is 4.79 Å². The molecule has 17 heavy (non-hydrogen) atoms. The molecular weight excluding hydrogens is 214 g/mol. The average Bonchev–Trinajstić information content (AvgIpc) is 2.36. The molecule has 2 N–H and O–H groups in total. The van der Waals surface area contributed by atoms with Crippen molar-refractivity contribution in [1.82, 2.24) is 9.80 Å². The molecule has 4 heteroatoms. The van der Waals surface area contributed by atoms with Crippen molar-refractivity contribution >= 4 is 5.91 Å². The van der Waals surface area contributed by atoms with Crippen LogP contribution in [0.1, 0.15) is 26.2 Å². The first kappa shape index (κ1) is 14.2. The molecule has 1 unspecified atom stereocenters. The van der Waals surface area contributed by atoms with E-state index >= 15 is 0 Å². The highest BCUT2D eigenvalue weighted by Crippen LogP contribution is 2.06. The predicted molar refractivity (Wildman–Crippen MR) is 70.7 cm³/mol. The van der Waals surface area contributed by atoms with Crippen LogP contribution < -0.4 is 5.73 Å². The Morgan fingerprint density at radius 2 is 2.06 bits per heavy atom. The van der Waals surface area contributed by atoms with Gasteiger partial charge in [-0.2, -0.15) is 0 Å². The maximum absolute atomic E-state index is 12.0. The smallest absolute Gasteiger partial charge is 0.239 e. The molecule has 1 atom stereocenters. The van der Waals surface area contributed by atoms with Gasteiger partial charge in [0.1, 0.15) is 0 Å². The van der Waals surface area contributed by atoms with Crippen LogP contribution in [-0.2, 0) is 4.79 Å². The quantitative estimate of drug-likeness (QED) is 0.699. The zero-order valence-electron chi connectivity index (χ0n) is 10.9. The number of unbranched alkanes of at least 4 members (excludes halogenated alkanes) is 1. The normalized spacial score (nSPS) is 19.1. The summed E-state index contributed by atoms with van der Waals surface area (Å²) in [6.07, 6.45) is 4.84. The van der Waals surface area contributed by atoms with Gasteiger partial charge in [0.25, 0.3) is 0 Å². The SMILES string of the molecule is C=CCN1CCN(C(=O)C(N)CCCC)CC1. The van der Waals surface area contributed by atoms with E-state index in [2.05, 4.69) is 18.4 Å². The zero-order chi connectivity index (χ0) is 12.7. The van der Waals surface area contributed by atoms with Crippen molar-refractivity contribution in [3.8, 4) is 0 Å². The third kappa shape index (κ3) is 4.48. The molecule has 1 rings (SSSR count). The van der Waals surface area contributed by atoms with Gasteiger partial charge in [-0.1, -0.05) is 25.8 Å². The predicted octanol–water partition coefficient (Wildman–Crippen LogP) is 0.834. The summed E-state index contributed by atoms with van der Waals surface area (Å²) in [5, 5.41) is 0. The Balaban J connectivity index is 2.32. The Labute approximate surface area is 104 Å². The van der Waals surface area contributed by atoms with Crippen LogP contribution >= 0.6 is 0 Å². The fourth-order valence-electron chi connectivity index (χ4n) is 2.12. The van der Waals surface area contributed by atoms with E-state index in [1.54, 1.807) is 0 Å². The number of piperazine rings is 1. The first-order chi connectivity index (χ1) is 8.19. The van der Waals surface area contributed by atoms with E-state index in [0.717, 1.165) is 52.0 Å². The van der Waals surface area contributed by atoms with Crippen LogP contribution in [0.25, 0.3) is 0 Å². The Bertz CT molecular complexity index is 247. The highest BCUT2D eigenvalue weighted by Gasteiger charge is 2.24. The second-order valence-corrected chi connectivity index (χ2v) is 4.66. The van der Waals surface area contributed by atoms with E-state index in [1.807, 2.05) is 11.0 Å². The summed E-state index contributed by atoms with van der Waals surface area (Å²) in [6, 6.07) is -0.305. The third-order valence-electron chi connectivity index (χ3n) is 3.26. The monoisotopic (exact) mass is 239 g/mol. The lowest BCUT2D eigenvalue weighted by Crippen LogP contribution is -2.53. The minimum absolute atomic E-state index is 0.122. The molecule has 0 spiro atoms. The van der Waals surface area contributed by atoms with Gasteiger partial charge in [-0.3, -0.25) is 9.69 Å². The van der Waals surface area contributed by atoms with Gasteiger partial charge in [0, 0.05) is 32.7 Å². The van der Waals surface area contributed by atoms with E-state index in [0.29, 0.717) is 0 Å². The Kier molecular flexibility index (Phi) is 6.22. The molecule has 1 fully saturated rings. The van der Waals surface area contributed by atoms with Gasteiger partial charge in [-0.05, 0) is 6.42 Å². The fraction of sp³-hybridized carbons (Fsp3) is 0.769. The van der Waals surface area contributed by atoms with Gasteiger partial charge in [0.05, 0.1) is 6.04 Å². The molecule has 1 amide bonds. The molecular formula is C13H25N3O. The van der Waals surface area contributed by atoms with Crippen LogP contribution in [0.2, 0.25) is 0 Å². The Hall–Kier alpha value is -0.870. The summed E-state index contributed by atoms with van der Waals surface area (Å²) >= 11 is 0. The zero-order valence-corrected chi connectivity index (χ0v) is 10.9. The number of carbonyl (C=O) groups excluding carboxylic acids is 1. The minimum atomic E-state index is -0.305. The van der Waals surface area contributed by atoms with Gasteiger partial charge in [-0.25, -0.2) is 0 Å². The Morgan fingerprint density at radius 3 is 2.59 bits per heavy atom. The van der Waals surface area contributed by atoms with Gasteiger partial charge in [0.15, 0.2) is 0 Å². The first-order valence-corrected chi connectivity index (χ1v) is 6.56. The lowest BCUT2D eigenvalue weighted by atomic mass is 10.1. The van der Waals surface area contributed by atoms with Crippen LogP contribution in [0, 0.1) is 0 Å². The highest BCUT2D eigenvalue weighted by atomic mass is 16.2. The maximum atomic E-state index is 12.0. The standard InChI is InChI=1S/C13H25N3O/c1-3-5-6-12(14)13(17)16-10-8-15(7-4-2)9-11-16/h4,12H,2-3,5-11,14H2,1H3. The van der Waals surface area contributed by atoms with Crippen LogP contribution in [-0.4, -0.2) is 54.5 Å². The molecule has 4 nitrogen and oxygen atoms in total. The second-order valence-electron chi connectivity index (χ2n) is 4.66. The largest absolute Gasteiger partial charge is 0.339 e. The van der Waals surface area contributed by atoms with Crippen LogP contribution in [0.3, 0.4) is 0 Å². The molecule has 0 aromatic heterocycles. The number of amides is 1. The third-order valence-corrected chi connectivity index (χ3v) is 3.26. The summed E-state index contributed by atoms with van der Waals surface area (Å²) in [4.78, 5) is 16.2. The van der Waals surface area contributed by atoms with Crippen LogP contribution in [0.4, 0.5) is 0 Å². The van der Waals surface area contributed by atoms with Crippen molar-refractivity contribution in [3.05, 3.63) is 12.7 Å². The highest BCUT2D eigenvalue weighted by molar-refractivity contribution is 5.81. The van der Waals surface area contributed by atoms with Crippen molar-refractivity contribution in [1.29, 1.82) is 0 Å². The van der Waals surface area contributed by atoms with Crippen LogP contribution in [0.5, 0.6) is 0 Å². The number of nitrogens with zero attached hydrogens (tertiary/aromatic N) is 2. The van der Waals surface area contributed by atoms with Gasteiger partial charge >= 0.3 is 0 Å². The second kappa shape index (κ2) is 7.45. The van der Waals surface area contributed by atoms with Crippen molar-refractivity contribution in [2.45, 2.75) is 32.2 Å². The molecule has 0 bridgehead atoms. The number of hydrogen-bond acceptors (Lipinski definition) is 3. The molecule has 98 valence electrons. The molecule has 1 heterocycles. The Morgan fingerprint density at radius 1 is 1.41 bits per heavy atom. The summed E-state index contributed by atoms with van der Waals surface area (Å²) < 4.78 is 0. The first-order valence-electron chi connectivity index (χ1n) is 6.56. The van der Waals surface area contributed by atoms with E-state index < -0.39 is 0 Å². The molecule has 1 aliphatic rings. The summed E-state index contributed by atoms with van der Waals surface area (Å²) in [5.74, 6) is 0.122. The van der Waals surface area contributed by atoms with Crippen molar-refractivity contribution in [2.75, 3.05) is 32.7 Å². The molecule has 1 saturated heterocycles. The molecule has 0 saturated carbocycles. The van der Waals surface area contributed by atoms with Crippen molar-refractivity contribution in [3.63, 3.8) is 0 Å². The summed E-state index contributed by atoms with van der Waals surface area (Å²) in [6.45, 7) is 10.2. The van der Waals surface area contributed by atoms with Crippen molar-refractivity contribution < 1.29 is 4.79 Å². The molecule has 0 aromatic carbocycles. The van der Waals surface area contributed by atoms with Gasteiger partial charge in [0.2, 0.25) is 5.91 Å². The summed E-state index contributed by atoms with van der Waals surface area (Å²) in [5.41, 5.74) is 5.91. The number of carbonyl (C=O) groups is 1. The molecule has 0 aromatic rings. The van der Waals surface area contributed by atoms with Crippen LogP contribution in [0.15, 0.2) is 12.7 Å². The molecule has 0 aliphatic carbocycles. The maximum Gasteiger partial charge on any atom is 0.239 e. The van der Waals surface area contributed by atoms with Gasteiger partial charge in [-0.15, -0.1) is 6.58 Å². The topological polar surface area (TPSA) is 49.6 Å². The number of hydrogen-bond donors (Lipinski definition) is 1. The fourth-order valence-corrected chi connectivity index (χ4v) is 2.12. The number of nitrogens with two attached hydrogens (primary N) is 1. The van der Waals surface area contributed by atoms with E-state index in [4.69, 9.17) is 5.73 Å². The van der Waals surface area contributed by atoms with Gasteiger partial charge < -0.3 is 10.6 Å². The lowest BCUT2D eigenvalue weighted by molar-refractivity contribution is -0.134. The average molecular weight is 239 g/mol. The molecule has 1 aliphatic heterocycles. The molecule has 0 radical (unpaired) electrons. The lowest BCUT2D eigenvalue weighted by Gasteiger charge is -2.35. The minimum Gasteiger partial charge on any atom is -0.339 e. The van der Waals surface area contributed by atoms with E-state index in [-0.39, 0.29) is 11.9 Å². The summed E-state index contributed by atoms with van der Waals surface area (Å²) in [7, 11) is 0. The number of rotatable bonds is 6. The van der Waals surface area contributed by atoms with E-state index in [1.165, 1.54) is 0 Å².